The van der Waals surface area contributed by atoms with Crippen LogP contribution in [-0.4, -0.2) is 18.5 Å². The van der Waals surface area contributed by atoms with Crippen molar-refractivity contribution in [2.45, 2.75) is 44.2 Å². The summed E-state index contributed by atoms with van der Waals surface area (Å²) in [5.74, 6) is 0.108. The summed E-state index contributed by atoms with van der Waals surface area (Å²) in [6.07, 6.45) is 3.97. The van der Waals surface area contributed by atoms with E-state index in [9.17, 15) is 4.79 Å². The van der Waals surface area contributed by atoms with E-state index in [-0.39, 0.29) is 11.9 Å². The van der Waals surface area contributed by atoms with Crippen LogP contribution in [0.15, 0.2) is 60.7 Å². The predicted octanol–water partition coefficient (Wildman–Crippen LogP) is 3.40. The summed E-state index contributed by atoms with van der Waals surface area (Å²) in [4.78, 5) is 12.8. The van der Waals surface area contributed by atoms with E-state index in [0.717, 1.165) is 37.8 Å². The molecule has 0 bridgehead atoms. The van der Waals surface area contributed by atoms with Crippen molar-refractivity contribution in [1.29, 1.82) is 0 Å². The predicted molar refractivity (Wildman–Crippen MR) is 97.7 cm³/mol. The zero-order valence-electron chi connectivity index (χ0n) is 14.3. The summed E-state index contributed by atoms with van der Waals surface area (Å²) in [6.45, 7) is 3.05. The van der Waals surface area contributed by atoms with Crippen LogP contribution in [0.25, 0.3) is 0 Å². The van der Waals surface area contributed by atoms with Crippen molar-refractivity contribution < 1.29 is 4.79 Å². The average Bonchev–Trinajstić information content (AvgIpc) is 2.64. The second-order valence-corrected chi connectivity index (χ2v) is 6.85. The normalized spacial score (nSPS) is 20.1. The first kappa shape index (κ1) is 16.7. The quantitative estimate of drug-likeness (QED) is 0.886. The van der Waals surface area contributed by atoms with Crippen LogP contribution in [0.2, 0.25) is 0 Å². The first-order valence-electron chi connectivity index (χ1n) is 8.82. The van der Waals surface area contributed by atoms with Gasteiger partial charge in [0.25, 0.3) is 0 Å². The molecule has 3 heteroatoms. The van der Waals surface area contributed by atoms with Crippen LogP contribution < -0.4 is 10.6 Å². The number of benzene rings is 2. The molecule has 24 heavy (non-hydrogen) atoms. The maximum Gasteiger partial charge on any atom is 0.237 e. The van der Waals surface area contributed by atoms with Gasteiger partial charge in [0.05, 0.1) is 11.6 Å². The van der Waals surface area contributed by atoms with Crippen LogP contribution >= 0.6 is 0 Å². The number of hydrogen-bond acceptors (Lipinski definition) is 2. The summed E-state index contributed by atoms with van der Waals surface area (Å²) in [5.41, 5.74) is 1.94. The minimum absolute atomic E-state index is 0.0717. The van der Waals surface area contributed by atoms with E-state index in [1.54, 1.807) is 0 Å². The van der Waals surface area contributed by atoms with Crippen molar-refractivity contribution in [3.05, 3.63) is 71.8 Å². The second kappa shape index (κ2) is 7.63. The SMILES string of the molecule is CC(Cc1ccccc1)(NC(=O)[C@@H]1CCCCN1)c1ccccc1. The van der Waals surface area contributed by atoms with E-state index in [4.69, 9.17) is 0 Å². The molecular weight excluding hydrogens is 296 g/mol. The Labute approximate surface area is 144 Å². The molecule has 2 aromatic carbocycles. The Hall–Kier alpha value is -2.13. The van der Waals surface area contributed by atoms with Gasteiger partial charge < -0.3 is 10.6 Å². The average molecular weight is 322 g/mol. The van der Waals surface area contributed by atoms with Gasteiger partial charge in [-0.3, -0.25) is 4.79 Å². The molecule has 0 aromatic heterocycles. The fourth-order valence-corrected chi connectivity index (χ4v) is 3.46. The highest BCUT2D eigenvalue weighted by Gasteiger charge is 2.32. The molecule has 1 fully saturated rings. The third kappa shape index (κ3) is 4.04. The highest BCUT2D eigenvalue weighted by molar-refractivity contribution is 5.82. The van der Waals surface area contributed by atoms with Crippen molar-refractivity contribution in [1.82, 2.24) is 10.6 Å². The standard InChI is InChI=1S/C21H26N2O/c1-21(18-12-6-3-7-13-18,16-17-10-4-2-5-11-17)23-20(24)19-14-8-9-15-22-19/h2-7,10-13,19,22H,8-9,14-16H2,1H3,(H,23,24)/t19-,21?/m0/s1. The number of carbonyl (C=O) groups is 1. The van der Waals surface area contributed by atoms with Crippen molar-refractivity contribution in [3.63, 3.8) is 0 Å². The number of piperidine rings is 1. The van der Waals surface area contributed by atoms with Gasteiger partial charge in [0.15, 0.2) is 0 Å². The molecule has 2 N–H and O–H groups in total. The van der Waals surface area contributed by atoms with E-state index in [1.807, 2.05) is 36.4 Å². The Balaban J connectivity index is 1.83. The number of hydrogen-bond donors (Lipinski definition) is 2. The summed E-state index contributed by atoms with van der Waals surface area (Å²) >= 11 is 0. The highest BCUT2D eigenvalue weighted by Crippen LogP contribution is 2.26. The lowest BCUT2D eigenvalue weighted by Crippen LogP contribution is -2.53. The number of nitrogens with one attached hydrogen (secondary N) is 2. The Morgan fingerprint density at radius 3 is 2.38 bits per heavy atom. The first-order valence-corrected chi connectivity index (χ1v) is 8.82. The highest BCUT2D eigenvalue weighted by atomic mass is 16.2. The summed E-state index contributed by atoms with van der Waals surface area (Å²) in [5, 5.41) is 6.67. The van der Waals surface area contributed by atoms with Crippen LogP contribution in [0.4, 0.5) is 0 Å². The molecule has 1 aliphatic rings. The Morgan fingerprint density at radius 2 is 1.75 bits per heavy atom. The van der Waals surface area contributed by atoms with E-state index >= 15 is 0 Å². The van der Waals surface area contributed by atoms with Crippen LogP contribution in [0.5, 0.6) is 0 Å². The lowest BCUT2D eigenvalue weighted by Gasteiger charge is -2.34. The van der Waals surface area contributed by atoms with Gasteiger partial charge in [0.1, 0.15) is 0 Å². The van der Waals surface area contributed by atoms with Crippen molar-refractivity contribution in [3.8, 4) is 0 Å². The third-order valence-corrected chi connectivity index (χ3v) is 4.84. The second-order valence-electron chi connectivity index (χ2n) is 6.85. The van der Waals surface area contributed by atoms with E-state index < -0.39 is 5.54 Å². The largest absolute Gasteiger partial charge is 0.345 e. The monoisotopic (exact) mass is 322 g/mol. The fraction of sp³-hybridized carbons (Fsp3) is 0.381. The minimum Gasteiger partial charge on any atom is -0.345 e. The lowest BCUT2D eigenvalue weighted by atomic mass is 9.85. The van der Waals surface area contributed by atoms with Gasteiger partial charge in [-0.1, -0.05) is 67.1 Å². The third-order valence-electron chi connectivity index (χ3n) is 4.84. The molecule has 0 radical (unpaired) electrons. The van der Waals surface area contributed by atoms with E-state index in [1.165, 1.54) is 5.56 Å². The van der Waals surface area contributed by atoms with Gasteiger partial charge in [-0.25, -0.2) is 0 Å². The lowest BCUT2D eigenvalue weighted by molar-refractivity contribution is -0.125. The molecule has 1 saturated heterocycles. The molecule has 1 unspecified atom stereocenters. The molecule has 1 amide bonds. The zero-order chi connectivity index (χ0) is 16.8. The smallest absolute Gasteiger partial charge is 0.237 e. The van der Waals surface area contributed by atoms with Gasteiger partial charge in [-0.2, -0.15) is 0 Å². The van der Waals surface area contributed by atoms with Crippen LogP contribution in [-0.2, 0) is 16.8 Å². The molecule has 0 aliphatic carbocycles. The number of amides is 1. The van der Waals surface area contributed by atoms with Gasteiger partial charge in [-0.15, -0.1) is 0 Å². The summed E-state index contributed by atoms with van der Waals surface area (Å²) in [6, 6.07) is 20.5. The molecule has 2 atom stereocenters. The summed E-state index contributed by atoms with van der Waals surface area (Å²) in [7, 11) is 0. The maximum absolute atomic E-state index is 12.8. The number of carbonyl (C=O) groups excluding carboxylic acids is 1. The fourth-order valence-electron chi connectivity index (χ4n) is 3.46. The molecular formula is C21H26N2O. The topological polar surface area (TPSA) is 41.1 Å². The van der Waals surface area contributed by atoms with E-state index in [0.29, 0.717) is 0 Å². The molecule has 1 heterocycles. The van der Waals surface area contributed by atoms with Gasteiger partial charge >= 0.3 is 0 Å². The van der Waals surface area contributed by atoms with Crippen LogP contribution in [0.3, 0.4) is 0 Å². The number of rotatable bonds is 5. The van der Waals surface area contributed by atoms with Crippen molar-refractivity contribution in [2.24, 2.45) is 0 Å². The van der Waals surface area contributed by atoms with Gasteiger partial charge in [0.2, 0.25) is 5.91 Å². The molecule has 126 valence electrons. The molecule has 3 nitrogen and oxygen atoms in total. The van der Waals surface area contributed by atoms with Crippen LogP contribution in [0, 0.1) is 0 Å². The van der Waals surface area contributed by atoms with Crippen molar-refractivity contribution >= 4 is 5.91 Å². The molecule has 3 rings (SSSR count). The molecule has 1 aliphatic heterocycles. The Kier molecular flexibility index (Phi) is 5.31. The van der Waals surface area contributed by atoms with Crippen LogP contribution in [0.1, 0.15) is 37.3 Å². The van der Waals surface area contributed by atoms with Crippen molar-refractivity contribution in [2.75, 3.05) is 6.54 Å². The Bertz CT molecular complexity index is 650. The maximum atomic E-state index is 12.8. The molecule has 0 saturated carbocycles. The zero-order valence-corrected chi connectivity index (χ0v) is 14.3. The molecule has 2 aromatic rings. The first-order chi connectivity index (χ1) is 11.7. The minimum atomic E-state index is -0.418. The van der Waals surface area contributed by atoms with Gasteiger partial charge in [0, 0.05) is 0 Å². The Morgan fingerprint density at radius 1 is 1.08 bits per heavy atom. The summed E-state index contributed by atoms with van der Waals surface area (Å²) < 4.78 is 0. The van der Waals surface area contributed by atoms with Gasteiger partial charge in [-0.05, 0) is 43.9 Å². The van der Waals surface area contributed by atoms with E-state index in [2.05, 4.69) is 41.8 Å². The molecule has 0 spiro atoms.